The third-order valence-corrected chi connectivity index (χ3v) is 4.51. The summed E-state index contributed by atoms with van der Waals surface area (Å²) in [7, 11) is 0. The number of anilines is 6. The van der Waals surface area contributed by atoms with E-state index in [2.05, 4.69) is 21.3 Å². The van der Waals surface area contributed by atoms with Crippen molar-refractivity contribution in [2.75, 3.05) is 21.3 Å². The number of aromatic nitrogens is 2. The van der Waals surface area contributed by atoms with Crippen LogP contribution in [0.25, 0.3) is 11.0 Å². The van der Waals surface area contributed by atoms with Gasteiger partial charge in [-0.05, 0) is 60.7 Å². The Balaban J connectivity index is 1.63. The van der Waals surface area contributed by atoms with Crippen LogP contribution >= 0.6 is 0 Å². The molecule has 0 spiro atoms. The van der Waals surface area contributed by atoms with Crippen LogP contribution < -0.4 is 21.3 Å². The fourth-order valence-corrected chi connectivity index (χ4v) is 3.13. The molecule has 4 aromatic rings. The Kier molecular flexibility index (Phi) is 5.94. The first-order valence-corrected chi connectivity index (χ1v) is 10.0. The maximum absolute atomic E-state index is 11.2. The van der Waals surface area contributed by atoms with Crippen LogP contribution in [-0.4, -0.2) is 21.8 Å². The van der Waals surface area contributed by atoms with Crippen molar-refractivity contribution in [3.63, 3.8) is 0 Å². The van der Waals surface area contributed by atoms with Crippen LogP contribution in [0.1, 0.15) is 13.8 Å². The second-order valence-electron chi connectivity index (χ2n) is 7.18. The zero-order valence-electron chi connectivity index (χ0n) is 17.6. The standard InChI is InChI=1S/C24H22N6O2/c1-15(31)25-17-7-11-19(12-8-17)27-23-24(30-22-6-4-3-5-21(22)29-23)28-20-13-9-18(10-14-20)26-16(2)32/h3-14H,1-2H3,(H,25,31)(H,26,32)(H,27,29)(H,28,30). The molecule has 8 heteroatoms. The number of hydrogen-bond donors (Lipinski definition) is 4. The van der Waals surface area contributed by atoms with Gasteiger partial charge in [0.25, 0.3) is 0 Å². The van der Waals surface area contributed by atoms with Crippen LogP contribution in [-0.2, 0) is 9.59 Å². The minimum Gasteiger partial charge on any atom is -0.337 e. The van der Waals surface area contributed by atoms with E-state index >= 15 is 0 Å². The third-order valence-electron chi connectivity index (χ3n) is 4.51. The quantitative estimate of drug-likeness (QED) is 0.344. The molecule has 0 bridgehead atoms. The number of benzene rings is 3. The summed E-state index contributed by atoms with van der Waals surface area (Å²) in [6, 6.07) is 22.3. The summed E-state index contributed by atoms with van der Waals surface area (Å²) in [6.45, 7) is 2.94. The third kappa shape index (κ3) is 5.17. The van der Waals surface area contributed by atoms with Gasteiger partial charge in [0.15, 0.2) is 11.6 Å². The highest BCUT2D eigenvalue weighted by atomic mass is 16.2. The molecule has 2 amide bonds. The molecule has 4 rings (SSSR count). The molecule has 3 aromatic carbocycles. The molecule has 0 fully saturated rings. The smallest absolute Gasteiger partial charge is 0.221 e. The molecule has 160 valence electrons. The van der Waals surface area contributed by atoms with Crippen LogP contribution in [0, 0.1) is 0 Å². The van der Waals surface area contributed by atoms with Crippen molar-refractivity contribution in [2.45, 2.75) is 13.8 Å². The molecule has 0 saturated heterocycles. The lowest BCUT2D eigenvalue weighted by Gasteiger charge is -2.14. The van der Waals surface area contributed by atoms with Crippen LogP contribution in [0.15, 0.2) is 72.8 Å². The van der Waals surface area contributed by atoms with Crippen LogP contribution in [0.2, 0.25) is 0 Å². The van der Waals surface area contributed by atoms with E-state index < -0.39 is 0 Å². The Hall–Kier alpha value is -4.46. The maximum atomic E-state index is 11.2. The van der Waals surface area contributed by atoms with E-state index in [1.54, 1.807) is 0 Å². The number of rotatable bonds is 6. The van der Waals surface area contributed by atoms with Crippen LogP contribution in [0.4, 0.5) is 34.4 Å². The van der Waals surface area contributed by atoms with E-state index in [0.717, 1.165) is 22.4 Å². The molecule has 4 N–H and O–H groups in total. The van der Waals surface area contributed by atoms with Gasteiger partial charge < -0.3 is 21.3 Å². The van der Waals surface area contributed by atoms with E-state index in [4.69, 9.17) is 9.97 Å². The topological polar surface area (TPSA) is 108 Å². The maximum Gasteiger partial charge on any atom is 0.221 e. The Labute approximate surface area is 185 Å². The van der Waals surface area contributed by atoms with Gasteiger partial charge in [0.1, 0.15) is 0 Å². The summed E-state index contributed by atoms with van der Waals surface area (Å²) in [5.41, 5.74) is 4.55. The molecular weight excluding hydrogens is 404 g/mol. The largest absolute Gasteiger partial charge is 0.337 e. The molecule has 0 aliphatic heterocycles. The fraction of sp³-hybridized carbons (Fsp3) is 0.0833. The fourth-order valence-electron chi connectivity index (χ4n) is 3.13. The van der Waals surface area contributed by atoms with Gasteiger partial charge in [-0.25, -0.2) is 9.97 Å². The van der Waals surface area contributed by atoms with Crippen molar-refractivity contribution in [3.05, 3.63) is 72.8 Å². The summed E-state index contributed by atoms with van der Waals surface area (Å²) >= 11 is 0. The Morgan fingerprint density at radius 1 is 0.562 bits per heavy atom. The number of nitrogens with zero attached hydrogens (tertiary/aromatic N) is 2. The van der Waals surface area contributed by atoms with Crippen molar-refractivity contribution in [1.29, 1.82) is 0 Å². The first kappa shape index (κ1) is 20.8. The molecule has 0 unspecified atom stereocenters. The van der Waals surface area contributed by atoms with Crippen LogP contribution in [0.3, 0.4) is 0 Å². The second-order valence-corrected chi connectivity index (χ2v) is 7.18. The Morgan fingerprint density at radius 3 is 1.25 bits per heavy atom. The van der Waals surface area contributed by atoms with E-state index in [0.29, 0.717) is 23.0 Å². The van der Waals surface area contributed by atoms with E-state index in [1.807, 2.05) is 72.8 Å². The predicted molar refractivity (Wildman–Crippen MR) is 128 cm³/mol. The lowest BCUT2D eigenvalue weighted by atomic mass is 10.2. The molecular formula is C24H22N6O2. The van der Waals surface area contributed by atoms with Gasteiger partial charge in [-0.3, -0.25) is 9.59 Å². The van der Waals surface area contributed by atoms with Crippen LogP contribution in [0.5, 0.6) is 0 Å². The summed E-state index contributed by atoms with van der Waals surface area (Å²) in [5, 5.41) is 12.1. The molecule has 0 atom stereocenters. The number of para-hydroxylation sites is 2. The monoisotopic (exact) mass is 426 g/mol. The second kappa shape index (κ2) is 9.13. The average molecular weight is 426 g/mol. The Morgan fingerprint density at radius 2 is 0.906 bits per heavy atom. The van der Waals surface area contributed by atoms with Gasteiger partial charge >= 0.3 is 0 Å². The van der Waals surface area contributed by atoms with Crippen molar-refractivity contribution >= 4 is 57.2 Å². The molecule has 32 heavy (non-hydrogen) atoms. The molecule has 0 aliphatic rings. The van der Waals surface area contributed by atoms with E-state index in [-0.39, 0.29) is 11.8 Å². The number of amides is 2. The SMILES string of the molecule is CC(=O)Nc1ccc(Nc2nc3ccccc3nc2Nc2ccc(NC(C)=O)cc2)cc1. The number of fused-ring (bicyclic) bond motifs is 1. The van der Waals surface area contributed by atoms with E-state index in [9.17, 15) is 9.59 Å². The predicted octanol–water partition coefficient (Wildman–Crippen LogP) is 5.03. The molecule has 1 aromatic heterocycles. The van der Waals surface area contributed by atoms with Gasteiger partial charge in [0.05, 0.1) is 11.0 Å². The van der Waals surface area contributed by atoms with Crippen molar-refractivity contribution in [1.82, 2.24) is 9.97 Å². The highest BCUT2D eigenvalue weighted by Gasteiger charge is 2.10. The first-order valence-electron chi connectivity index (χ1n) is 10.0. The molecule has 1 heterocycles. The number of nitrogens with one attached hydrogen (secondary N) is 4. The first-order chi connectivity index (χ1) is 15.5. The molecule has 0 saturated carbocycles. The minimum atomic E-state index is -0.123. The van der Waals surface area contributed by atoms with Gasteiger partial charge in [0.2, 0.25) is 11.8 Å². The summed E-state index contributed by atoms with van der Waals surface area (Å²) in [4.78, 5) is 31.9. The zero-order chi connectivity index (χ0) is 22.5. The highest BCUT2D eigenvalue weighted by Crippen LogP contribution is 2.28. The number of carbonyl (C=O) groups excluding carboxylic acids is 2. The minimum absolute atomic E-state index is 0.123. The number of hydrogen-bond acceptors (Lipinski definition) is 6. The molecule has 0 radical (unpaired) electrons. The average Bonchev–Trinajstić information content (AvgIpc) is 2.76. The Bertz CT molecular complexity index is 1170. The van der Waals surface area contributed by atoms with Crippen molar-refractivity contribution < 1.29 is 9.59 Å². The highest BCUT2D eigenvalue weighted by molar-refractivity contribution is 5.90. The van der Waals surface area contributed by atoms with Gasteiger partial charge in [-0.2, -0.15) is 0 Å². The van der Waals surface area contributed by atoms with Crippen molar-refractivity contribution in [2.24, 2.45) is 0 Å². The summed E-state index contributed by atoms with van der Waals surface area (Å²) in [5.74, 6) is 0.869. The van der Waals surface area contributed by atoms with Gasteiger partial charge in [-0.1, -0.05) is 12.1 Å². The van der Waals surface area contributed by atoms with E-state index in [1.165, 1.54) is 13.8 Å². The zero-order valence-corrected chi connectivity index (χ0v) is 17.6. The lowest BCUT2D eigenvalue weighted by Crippen LogP contribution is -2.06. The van der Waals surface area contributed by atoms with Crippen molar-refractivity contribution in [3.8, 4) is 0 Å². The molecule has 0 aliphatic carbocycles. The van der Waals surface area contributed by atoms with Gasteiger partial charge in [-0.15, -0.1) is 0 Å². The number of carbonyl (C=O) groups is 2. The van der Waals surface area contributed by atoms with Gasteiger partial charge in [0, 0.05) is 36.6 Å². The summed E-state index contributed by atoms with van der Waals surface area (Å²) < 4.78 is 0. The normalized spacial score (nSPS) is 10.4. The molecule has 8 nitrogen and oxygen atoms in total. The lowest BCUT2D eigenvalue weighted by molar-refractivity contribution is -0.115. The summed E-state index contributed by atoms with van der Waals surface area (Å²) in [6.07, 6.45) is 0.